The first kappa shape index (κ1) is 26.0. The summed E-state index contributed by atoms with van der Waals surface area (Å²) in [6, 6.07) is 0. The third kappa shape index (κ3) is 12.3. The van der Waals surface area contributed by atoms with E-state index in [1.165, 1.54) is 103 Å². The van der Waals surface area contributed by atoms with Crippen molar-refractivity contribution in [3.05, 3.63) is 16.9 Å². The van der Waals surface area contributed by atoms with Gasteiger partial charge in [-0.05, 0) is 13.3 Å². The van der Waals surface area contributed by atoms with E-state index < -0.39 is 0 Å². The highest BCUT2D eigenvalue weighted by Gasteiger charge is 2.15. The Balaban J connectivity index is 1.85. The van der Waals surface area contributed by atoms with Crippen molar-refractivity contribution in [2.24, 2.45) is 0 Å². The molecule has 0 saturated carbocycles. The molecule has 0 aromatic carbocycles. The van der Waals surface area contributed by atoms with E-state index in [9.17, 15) is 4.79 Å². The summed E-state index contributed by atoms with van der Waals surface area (Å²) in [5.41, 5.74) is 0.477. The molecule has 1 rings (SSSR count). The van der Waals surface area contributed by atoms with Crippen molar-refractivity contribution in [3.63, 3.8) is 0 Å². The summed E-state index contributed by atoms with van der Waals surface area (Å²) in [5.74, 6) is -0.115. The molecule has 1 amide bonds. The highest BCUT2D eigenvalue weighted by Crippen LogP contribution is 2.15. The maximum atomic E-state index is 12.2. The summed E-state index contributed by atoms with van der Waals surface area (Å²) in [4.78, 5) is 12.2. The van der Waals surface area contributed by atoms with E-state index in [1.54, 1.807) is 4.68 Å². The lowest BCUT2D eigenvalue weighted by Gasteiger charge is -2.07. The molecule has 0 aliphatic rings. The number of unbranched alkanes of at least 4 members (excludes halogenated alkanes) is 15. The van der Waals surface area contributed by atoms with Crippen LogP contribution in [0.3, 0.4) is 0 Å². The third-order valence-electron chi connectivity index (χ3n) is 5.63. The number of hydrogen-bond acceptors (Lipinski definition) is 2. The molecular weight excluding hydrogens is 382 g/mol. The number of aryl methyl sites for hydroxylation is 1. The highest BCUT2D eigenvalue weighted by molar-refractivity contribution is 6.33. The summed E-state index contributed by atoms with van der Waals surface area (Å²) in [6.07, 6.45) is 23.2. The van der Waals surface area contributed by atoms with Crippen LogP contribution in [0, 0.1) is 0 Å². The van der Waals surface area contributed by atoms with Crippen molar-refractivity contribution >= 4 is 17.5 Å². The van der Waals surface area contributed by atoms with Crippen LogP contribution in [0.1, 0.15) is 127 Å². The van der Waals surface area contributed by atoms with Gasteiger partial charge in [-0.1, -0.05) is 115 Å². The monoisotopic (exact) mass is 425 g/mol. The fraction of sp³-hybridized carbons (Fsp3) is 0.833. The Labute approximate surface area is 184 Å². The molecule has 0 radical (unpaired) electrons. The Hall–Kier alpha value is -1.03. The Morgan fingerprint density at radius 3 is 1.72 bits per heavy atom. The zero-order valence-corrected chi connectivity index (χ0v) is 19.7. The van der Waals surface area contributed by atoms with E-state index in [-0.39, 0.29) is 5.91 Å². The number of carbonyl (C=O) groups excluding carboxylic acids is 1. The molecule has 0 aliphatic carbocycles. The van der Waals surface area contributed by atoms with Crippen LogP contribution in [0.2, 0.25) is 5.02 Å². The molecule has 0 bridgehead atoms. The number of amides is 1. The van der Waals surface area contributed by atoms with Crippen LogP contribution in [0.4, 0.5) is 0 Å². The topological polar surface area (TPSA) is 46.9 Å². The minimum absolute atomic E-state index is 0.115. The van der Waals surface area contributed by atoms with Crippen molar-refractivity contribution in [1.29, 1.82) is 0 Å². The molecule has 0 spiro atoms. The van der Waals surface area contributed by atoms with Gasteiger partial charge in [0.25, 0.3) is 5.91 Å². The first-order valence-corrected chi connectivity index (χ1v) is 12.6. The average Bonchev–Trinajstić information content (AvgIpc) is 3.10. The van der Waals surface area contributed by atoms with Gasteiger partial charge in [0.05, 0.1) is 11.2 Å². The Morgan fingerprint density at radius 1 is 0.828 bits per heavy atom. The van der Waals surface area contributed by atoms with Crippen LogP contribution in [0.25, 0.3) is 0 Å². The maximum absolute atomic E-state index is 12.2. The smallest absolute Gasteiger partial charge is 0.271 e. The SMILES string of the molecule is CCCCCCCCCCCCCCCCCCNC(=O)c1c(Cl)cnn1CC. The van der Waals surface area contributed by atoms with E-state index >= 15 is 0 Å². The van der Waals surface area contributed by atoms with Crippen molar-refractivity contribution in [2.75, 3.05) is 6.54 Å². The van der Waals surface area contributed by atoms with Crippen LogP contribution in [-0.2, 0) is 6.54 Å². The first-order chi connectivity index (χ1) is 14.2. The highest BCUT2D eigenvalue weighted by atomic mass is 35.5. The molecule has 0 atom stereocenters. The van der Waals surface area contributed by atoms with E-state index in [2.05, 4.69) is 17.3 Å². The van der Waals surface area contributed by atoms with Crippen LogP contribution < -0.4 is 5.32 Å². The summed E-state index contributed by atoms with van der Waals surface area (Å²) in [5, 5.41) is 7.50. The van der Waals surface area contributed by atoms with Gasteiger partial charge >= 0.3 is 0 Å². The minimum atomic E-state index is -0.115. The van der Waals surface area contributed by atoms with Crippen molar-refractivity contribution in [2.45, 2.75) is 123 Å². The zero-order chi connectivity index (χ0) is 21.2. The molecule has 5 heteroatoms. The van der Waals surface area contributed by atoms with Gasteiger partial charge in [-0.3, -0.25) is 9.48 Å². The fourth-order valence-corrected chi connectivity index (χ4v) is 4.01. The predicted molar refractivity (Wildman–Crippen MR) is 125 cm³/mol. The van der Waals surface area contributed by atoms with Gasteiger partial charge in [0.15, 0.2) is 0 Å². The van der Waals surface area contributed by atoms with Crippen LogP contribution >= 0.6 is 11.6 Å². The van der Waals surface area contributed by atoms with Gasteiger partial charge in [-0.2, -0.15) is 5.10 Å². The lowest BCUT2D eigenvalue weighted by molar-refractivity contribution is 0.0942. The number of nitrogens with zero attached hydrogens (tertiary/aromatic N) is 2. The second-order valence-corrected chi connectivity index (χ2v) is 8.62. The molecule has 1 N–H and O–H groups in total. The number of aromatic nitrogens is 2. The van der Waals surface area contributed by atoms with Crippen LogP contribution in [0.15, 0.2) is 6.20 Å². The van der Waals surface area contributed by atoms with Crippen molar-refractivity contribution in [3.8, 4) is 0 Å². The van der Waals surface area contributed by atoms with Gasteiger partial charge in [0, 0.05) is 13.1 Å². The second-order valence-electron chi connectivity index (χ2n) is 8.22. The van der Waals surface area contributed by atoms with E-state index in [1.807, 2.05) is 6.92 Å². The third-order valence-corrected chi connectivity index (χ3v) is 5.90. The summed E-state index contributed by atoms with van der Waals surface area (Å²) < 4.78 is 1.64. The quantitative estimate of drug-likeness (QED) is 0.232. The van der Waals surface area contributed by atoms with Gasteiger partial charge in [-0.25, -0.2) is 0 Å². The average molecular weight is 426 g/mol. The van der Waals surface area contributed by atoms with Crippen LogP contribution in [0.5, 0.6) is 0 Å². The molecule has 0 saturated heterocycles. The largest absolute Gasteiger partial charge is 0.351 e. The number of carbonyl (C=O) groups is 1. The van der Waals surface area contributed by atoms with Gasteiger partial charge in [0.1, 0.15) is 5.69 Å². The molecule has 1 aromatic rings. The van der Waals surface area contributed by atoms with Crippen molar-refractivity contribution in [1.82, 2.24) is 15.1 Å². The predicted octanol–water partition coefficient (Wildman–Crippen LogP) is 7.55. The second kappa shape index (κ2) is 17.8. The van der Waals surface area contributed by atoms with Gasteiger partial charge in [-0.15, -0.1) is 0 Å². The Morgan fingerprint density at radius 2 is 1.28 bits per heavy atom. The van der Waals surface area contributed by atoms with Crippen molar-refractivity contribution < 1.29 is 4.79 Å². The zero-order valence-electron chi connectivity index (χ0n) is 19.0. The van der Waals surface area contributed by atoms with Gasteiger partial charge < -0.3 is 5.32 Å². The summed E-state index contributed by atoms with van der Waals surface area (Å²) >= 11 is 6.06. The molecule has 29 heavy (non-hydrogen) atoms. The summed E-state index contributed by atoms with van der Waals surface area (Å²) in [7, 11) is 0. The number of nitrogens with one attached hydrogen (secondary N) is 1. The Bertz CT molecular complexity index is 530. The van der Waals surface area contributed by atoms with Gasteiger partial charge in [0.2, 0.25) is 0 Å². The number of halogens is 1. The number of hydrogen-bond donors (Lipinski definition) is 1. The molecule has 0 fully saturated rings. The lowest BCUT2D eigenvalue weighted by atomic mass is 10.0. The van der Waals surface area contributed by atoms with E-state index in [0.29, 0.717) is 23.8 Å². The Kier molecular flexibility index (Phi) is 16.0. The van der Waals surface area contributed by atoms with E-state index in [0.717, 1.165) is 6.42 Å². The molecular formula is C24H44ClN3O. The molecule has 1 heterocycles. The van der Waals surface area contributed by atoms with Crippen LogP contribution in [-0.4, -0.2) is 22.2 Å². The lowest BCUT2D eigenvalue weighted by Crippen LogP contribution is -2.27. The molecule has 0 unspecified atom stereocenters. The molecule has 1 aromatic heterocycles. The first-order valence-electron chi connectivity index (χ1n) is 12.2. The normalized spacial score (nSPS) is 11.1. The standard InChI is InChI=1S/C24H44ClN3O/c1-3-5-6-7-8-9-10-11-12-13-14-15-16-17-18-19-20-26-24(29)23-22(25)21-27-28(23)4-2/h21H,3-20H2,1-2H3,(H,26,29). The van der Waals surface area contributed by atoms with E-state index in [4.69, 9.17) is 11.6 Å². The maximum Gasteiger partial charge on any atom is 0.271 e. The summed E-state index contributed by atoms with van der Waals surface area (Å²) in [6.45, 7) is 5.59. The molecule has 0 aliphatic heterocycles. The molecule has 4 nitrogen and oxygen atoms in total. The minimum Gasteiger partial charge on any atom is -0.351 e. The number of rotatable bonds is 19. The molecule has 168 valence electrons. The fourth-order valence-electron chi connectivity index (χ4n) is 3.79.